The maximum absolute atomic E-state index is 11.1. The van der Waals surface area contributed by atoms with Crippen LogP contribution >= 0.6 is 0 Å². The molecule has 12 heavy (non-hydrogen) atoms. The summed E-state index contributed by atoms with van der Waals surface area (Å²) < 4.78 is 0. The van der Waals surface area contributed by atoms with Gasteiger partial charge in [0.25, 0.3) is 0 Å². The number of rotatable bonds is 5. The summed E-state index contributed by atoms with van der Waals surface area (Å²) in [5.41, 5.74) is 0. The van der Waals surface area contributed by atoms with Crippen molar-refractivity contribution in [2.45, 2.75) is 53.0 Å². The van der Waals surface area contributed by atoms with Crippen molar-refractivity contribution in [1.82, 2.24) is 4.90 Å². The Balaban J connectivity index is 3.72. The van der Waals surface area contributed by atoms with E-state index in [4.69, 9.17) is 0 Å². The van der Waals surface area contributed by atoms with Crippen molar-refractivity contribution in [3.8, 4) is 0 Å². The molecule has 0 aliphatic carbocycles. The van der Waals surface area contributed by atoms with Gasteiger partial charge in [-0.3, -0.25) is 4.79 Å². The van der Waals surface area contributed by atoms with Gasteiger partial charge in [0.15, 0.2) is 0 Å². The van der Waals surface area contributed by atoms with Crippen molar-refractivity contribution in [3.63, 3.8) is 0 Å². The highest BCUT2D eigenvalue weighted by Crippen LogP contribution is 2.03. The first kappa shape index (κ1) is 11.5. The molecule has 0 radical (unpaired) electrons. The van der Waals surface area contributed by atoms with E-state index in [2.05, 4.69) is 20.8 Å². The molecule has 0 spiro atoms. The van der Waals surface area contributed by atoms with E-state index in [1.165, 1.54) is 12.8 Å². The van der Waals surface area contributed by atoms with Crippen LogP contribution < -0.4 is 0 Å². The molecule has 0 unspecified atom stereocenters. The molecule has 0 rings (SSSR count). The van der Waals surface area contributed by atoms with Crippen LogP contribution in [0.15, 0.2) is 0 Å². The molecule has 0 saturated heterocycles. The first-order valence-corrected chi connectivity index (χ1v) is 4.86. The van der Waals surface area contributed by atoms with Crippen LogP contribution in [0.3, 0.4) is 0 Å². The third-order valence-corrected chi connectivity index (χ3v) is 2.03. The summed E-state index contributed by atoms with van der Waals surface area (Å²) >= 11 is 0. The molecule has 2 nitrogen and oxygen atoms in total. The molecule has 0 saturated carbocycles. The zero-order chi connectivity index (χ0) is 9.56. The maximum Gasteiger partial charge on any atom is 0.219 e. The van der Waals surface area contributed by atoms with Gasteiger partial charge < -0.3 is 4.90 Å². The van der Waals surface area contributed by atoms with Crippen LogP contribution in [0.1, 0.15) is 47.0 Å². The van der Waals surface area contributed by atoms with Gasteiger partial charge in [-0.05, 0) is 20.3 Å². The fourth-order valence-corrected chi connectivity index (χ4v) is 1.31. The fraction of sp³-hybridized carbons (Fsp3) is 0.900. The molecule has 0 atom stereocenters. The lowest BCUT2D eigenvalue weighted by Gasteiger charge is -2.25. The van der Waals surface area contributed by atoms with Crippen LogP contribution in [0.5, 0.6) is 0 Å². The van der Waals surface area contributed by atoms with Gasteiger partial charge in [0.2, 0.25) is 5.91 Å². The number of carbonyl (C=O) groups excluding carboxylic acids is 1. The second-order valence-electron chi connectivity index (χ2n) is 3.51. The molecule has 0 aromatic heterocycles. The quantitative estimate of drug-likeness (QED) is 0.582. The zero-order valence-electron chi connectivity index (χ0n) is 8.76. The molecule has 0 aromatic rings. The number of carbonyl (C=O) groups is 1. The molecular weight excluding hydrogens is 150 g/mol. The lowest BCUT2D eigenvalue weighted by atomic mass is 10.2. The van der Waals surface area contributed by atoms with Crippen LogP contribution in [0, 0.1) is 0 Å². The summed E-state index contributed by atoms with van der Waals surface area (Å²) in [7, 11) is 0. The molecule has 1 amide bonds. The van der Waals surface area contributed by atoms with Gasteiger partial charge in [-0.25, -0.2) is 0 Å². The minimum atomic E-state index is 0.195. The number of hydrogen-bond donors (Lipinski definition) is 0. The largest absolute Gasteiger partial charge is 0.341 e. The van der Waals surface area contributed by atoms with Crippen molar-refractivity contribution in [3.05, 3.63) is 0 Å². The Hall–Kier alpha value is -0.530. The van der Waals surface area contributed by atoms with Gasteiger partial charge in [-0.1, -0.05) is 19.8 Å². The first-order chi connectivity index (χ1) is 5.59. The zero-order valence-corrected chi connectivity index (χ0v) is 8.76. The van der Waals surface area contributed by atoms with Gasteiger partial charge in [0.1, 0.15) is 0 Å². The molecule has 0 bridgehead atoms. The van der Waals surface area contributed by atoms with Crippen molar-refractivity contribution in [2.24, 2.45) is 0 Å². The average Bonchev–Trinajstić information content (AvgIpc) is 1.96. The van der Waals surface area contributed by atoms with E-state index in [-0.39, 0.29) is 5.91 Å². The number of hydrogen-bond acceptors (Lipinski definition) is 1. The van der Waals surface area contributed by atoms with Crippen molar-refractivity contribution in [1.29, 1.82) is 0 Å². The Morgan fingerprint density at radius 3 is 2.25 bits per heavy atom. The van der Waals surface area contributed by atoms with E-state index >= 15 is 0 Å². The summed E-state index contributed by atoms with van der Waals surface area (Å²) in [5, 5.41) is 0. The highest BCUT2D eigenvalue weighted by molar-refractivity contribution is 5.73. The van der Waals surface area contributed by atoms with Crippen LogP contribution in [0.4, 0.5) is 0 Å². The van der Waals surface area contributed by atoms with Crippen molar-refractivity contribution >= 4 is 5.91 Å². The summed E-state index contributed by atoms with van der Waals surface area (Å²) in [6.07, 6.45) is 3.56. The number of unbranched alkanes of at least 4 members (excludes halogenated alkanes) is 2. The highest BCUT2D eigenvalue weighted by Gasteiger charge is 2.10. The monoisotopic (exact) mass is 171 g/mol. The number of amides is 1. The molecule has 0 fully saturated rings. The molecular formula is C10H21NO. The maximum atomic E-state index is 11.1. The molecule has 0 aliphatic heterocycles. The van der Waals surface area contributed by atoms with Gasteiger partial charge in [0, 0.05) is 19.5 Å². The number of nitrogens with zero attached hydrogens (tertiary/aromatic N) is 1. The highest BCUT2D eigenvalue weighted by atomic mass is 16.2. The van der Waals surface area contributed by atoms with E-state index in [9.17, 15) is 4.79 Å². The molecule has 0 aliphatic rings. The lowest BCUT2D eigenvalue weighted by Crippen LogP contribution is -2.35. The molecule has 2 heteroatoms. The van der Waals surface area contributed by atoms with E-state index < -0.39 is 0 Å². The summed E-state index contributed by atoms with van der Waals surface area (Å²) in [6.45, 7) is 8.86. The van der Waals surface area contributed by atoms with Crippen molar-refractivity contribution in [2.75, 3.05) is 6.54 Å². The predicted molar refractivity (Wildman–Crippen MR) is 52.0 cm³/mol. The van der Waals surface area contributed by atoms with E-state index in [1.807, 2.05) is 4.90 Å². The molecule has 0 N–H and O–H groups in total. The Kier molecular flexibility index (Phi) is 5.77. The van der Waals surface area contributed by atoms with E-state index in [1.54, 1.807) is 6.92 Å². The Labute approximate surface area is 75.9 Å². The Bertz CT molecular complexity index is 132. The molecule has 72 valence electrons. The minimum Gasteiger partial charge on any atom is -0.341 e. The minimum absolute atomic E-state index is 0.195. The van der Waals surface area contributed by atoms with Crippen LogP contribution in [-0.4, -0.2) is 23.4 Å². The standard InChI is InChI=1S/C10H21NO/c1-5-6-7-8-11(9(2)3)10(4)12/h9H,5-8H2,1-4H3. The normalized spacial score (nSPS) is 10.4. The van der Waals surface area contributed by atoms with Crippen molar-refractivity contribution < 1.29 is 4.79 Å². The van der Waals surface area contributed by atoms with Crippen LogP contribution in [0.25, 0.3) is 0 Å². The second-order valence-corrected chi connectivity index (χ2v) is 3.51. The predicted octanol–water partition coefficient (Wildman–Crippen LogP) is 2.43. The summed E-state index contributed by atoms with van der Waals surface area (Å²) in [4.78, 5) is 13.0. The van der Waals surface area contributed by atoms with Gasteiger partial charge in [0.05, 0.1) is 0 Å². The average molecular weight is 171 g/mol. The van der Waals surface area contributed by atoms with E-state index in [0.29, 0.717) is 6.04 Å². The van der Waals surface area contributed by atoms with E-state index in [0.717, 1.165) is 13.0 Å². The van der Waals surface area contributed by atoms with Gasteiger partial charge >= 0.3 is 0 Å². The summed E-state index contributed by atoms with van der Waals surface area (Å²) in [5.74, 6) is 0.195. The Morgan fingerprint density at radius 1 is 1.33 bits per heavy atom. The third-order valence-electron chi connectivity index (χ3n) is 2.03. The van der Waals surface area contributed by atoms with Crippen LogP contribution in [0.2, 0.25) is 0 Å². The lowest BCUT2D eigenvalue weighted by molar-refractivity contribution is -0.130. The third kappa shape index (κ3) is 4.37. The Morgan fingerprint density at radius 2 is 1.92 bits per heavy atom. The van der Waals surface area contributed by atoms with Crippen LogP contribution in [-0.2, 0) is 4.79 Å². The molecule has 0 aromatic carbocycles. The summed E-state index contributed by atoms with van der Waals surface area (Å²) in [6, 6.07) is 0.347. The van der Waals surface area contributed by atoms with Gasteiger partial charge in [-0.15, -0.1) is 0 Å². The first-order valence-electron chi connectivity index (χ1n) is 4.86. The SMILES string of the molecule is CCCCCN(C(C)=O)C(C)C. The fourth-order valence-electron chi connectivity index (χ4n) is 1.31. The topological polar surface area (TPSA) is 20.3 Å². The second kappa shape index (κ2) is 6.04. The van der Waals surface area contributed by atoms with Gasteiger partial charge in [-0.2, -0.15) is 0 Å². The smallest absolute Gasteiger partial charge is 0.219 e. The molecule has 0 heterocycles.